The Morgan fingerprint density at radius 1 is 0.964 bits per heavy atom. The van der Waals surface area contributed by atoms with Gasteiger partial charge in [0.05, 0.1) is 23.2 Å². The van der Waals surface area contributed by atoms with Crippen LogP contribution in [0.15, 0.2) is 65.7 Å². The van der Waals surface area contributed by atoms with Crippen LogP contribution in [0.25, 0.3) is 21.9 Å². The number of nitrogens with one attached hydrogen (secondary N) is 1. The number of benzene rings is 3. The Hall–Kier alpha value is -2.63. The van der Waals surface area contributed by atoms with Gasteiger partial charge in [-0.3, -0.25) is 0 Å². The standard InChI is InChI=1S/C23H20N2OS2/c1-23(2)21-20(17-13-15(26-3)11-12-19(17)25-23)22(28-27-21)24-18-10-6-8-14-7-4-5-9-16(14)18/h4-13,25H,1-3H3. The molecule has 1 aliphatic rings. The molecule has 140 valence electrons. The first-order valence-electron chi connectivity index (χ1n) is 9.19. The first-order chi connectivity index (χ1) is 13.6. The number of rotatable bonds is 2. The fourth-order valence-electron chi connectivity index (χ4n) is 3.77. The van der Waals surface area contributed by atoms with Gasteiger partial charge in [0.2, 0.25) is 0 Å². The molecular weight excluding hydrogens is 384 g/mol. The summed E-state index contributed by atoms with van der Waals surface area (Å²) in [7, 11) is 5.26. The number of hydrogen-bond acceptors (Lipinski definition) is 5. The molecule has 0 saturated carbocycles. The van der Waals surface area contributed by atoms with Crippen LogP contribution < -0.4 is 14.7 Å². The van der Waals surface area contributed by atoms with Crippen molar-refractivity contribution in [1.82, 2.24) is 0 Å². The predicted molar refractivity (Wildman–Crippen MR) is 120 cm³/mol. The molecule has 0 unspecified atom stereocenters. The summed E-state index contributed by atoms with van der Waals surface area (Å²) in [5.41, 5.74) is 4.38. The van der Waals surface area contributed by atoms with Crippen LogP contribution in [-0.2, 0) is 5.54 Å². The number of anilines is 1. The van der Waals surface area contributed by atoms with E-state index in [-0.39, 0.29) is 5.54 Å². The van der Waals surface area contributed by atoms with Crippen molar-refractivity contribution in [3.05, 3.63) is 70.2 Å². The third-order valence-corrected chi connectivity index (χ3v) is 7.79. The van der Waals surface area contributed by atoms with E-state index in [4.69, 9.17) is 9.73 Å². The second kappa shape index (κ2) is 6.47. The van der Waals surface area contributed by atoms with Gasteiger partial charge in [0.25, 0.3) is 0 Å². The smallest absolute Gasteiger partial charge is 0.135 e. The molecule has 1 aromatic heterocycles. The molecule has 0 aliphatic carbocycles. The van der Waals surface area contributed by atoms with Gasteiger partial charge in [-0.05, 0) is 43.5 Å². The van der Waals surface area contributed by atoms with Crippen molar-refractivity contribution in [1.29, 1.82) is 0 Å². The molecule has 0 radical (unpaired) electrons. The first-order valence-corrected chi connectivity index (χ1v) is 11.3. The van der Waals surface area contributed by atoms with E-state index in [0.717, 1.165) is 27.4 Å². The summed E-state index contributed by atoms with van der Waals surface area (Å²) in [6.45, 7) is 4.45. The molecule has 28 heavy (non-hydrogen) atoms. The van der Waals surface area contributed by atoms with Crippen molar-refractivity contribution in [2.45, 2.75) is 19.4 Å². The number of ether oxygens (including phenoxy) is 1. The van der Waals surface area contributed by atoms with Gasteiger partial charge in [0.1, 0.15) is 10.4 Å². The lowest BCUT2D eigenvalue weighted by Crippen LogP contribution is -2.31. The van der Waals surface area contributed by atoms with Gasteiger partial charge in [0, 0.05) is 22.2 Å². The van der Waals surface area contributed by atoms with Crippen LogP contribution in [0.1, 0.15) is 18.7 Å². The van der Waals surface area contributed by atoms with E-state index in [0.29, 0.717) is 0 Å². The largest absolute Gasteiger partial charge is 0.497 e. The average Bonchev–Trinajstić information content (AvgIpc) is 3.13. The fraction of sp³-hybridized carbons (Fsp3) is 0.174. The van der Waals surface area contributed by atoms with Crippen molar-refractivity contribution < 1.29 is 4.74 Å². The molecule has 0 saturated heterocycles. The van der Waals surface area contributed by atoms with Crippen LogP contribution in [0.4, 0.5) is 11.4 Å². The topological polar surface area (TPSA) is 33.6 Å². The highest BCUT2D eigenvalue weighted by atomic mass is 32.9. The van der Waals surface area contributed by atoms with E-state index < -0.39 is 0 Å². The van der Waals surface area contributed by atoms with E-state index in [1.165, 1.54) is 21.2 Å². The second-order valence-corrected chi connectivity index (χ2v) is 9.58. The van der Waals surface area contributed by atoms with Gasteiger partial charge >= 0.3 is 0 Å². The number of nitrogens with zero attached hydrogens (tertiary/aromatic N) is 1. The minimum atomic E-state index is -0.134. The maximum atomic E-state index is 5.49. The summed E-state index contributed by atoms with van der Waals surface area (Å²) >= 11 is 0. The summed E-state index contributed by atoms with van der Waals surface area (Å²) in [5, 5.41) is 6.06. The molecule has 0 fully saturated rings. The Bertz CT molecular complexity index is 1260. The number of fused-ring (bicyclic) bond motifs is 4. The summed E-state index contributed by atoms with van der Waals surface area (Å²) in [4.78, 5) is 6.44. The SMILES string of the molecule is COc1ccc2c(c1)-c1c(ssc1=Nc1cccc3ccccc13)C(C)(C)N2. The quantitative estimate of drug-likeness (QED) is 0.385. The second-order valence-electron chi connectivity index (χ2n) is 7.45. The van der Waals surface area contributed by atoms with Crippen molar-refractivity contribution >= 4 is 42.8 Å². The Balaban J connectivity index is 1.80. The van der Waals surface area contributed by atoms with E-state index in [2.05, 4.69) is 73.8 Å². The summed E-state index contributed by atoms with van der Waals surface area (Å²) in [6, 6.07) is 20.9. The molecule has 1 N–H and O–H groups in total. The highest BCUT2D eigenvalue weighted by Crippen LogP contribution is 2.46. The minimum absolute atomic E-state index is 0.134. The third kappa shape index (κ3) is 2.74. The monoisotopic (exact) mass is 404 g/mol. The van der Waals surface area contributed by atoms with Gasteiger partial charge in [-0.1, -0.05) is 57.1 Å². The van der Waals surface area contributed by atoms with Crippen molar-refractivity contribution in [3.8, 4) is 16.9 Å². The van der Waals surface area contributed by atoms with Gasteiger partial charge < -0.3 is 10.1 Å². The molecule has 4 aromatic rings. The Morgan fingerprint density at radius 3 is 2.64 bits per heavy atom. The van der Waals surface area contributed by atoms with Gasteiger partial charge in [-0.25, -0.2) is 4.99 Å². The molecule has 0 bridgehead atoms. The zero-order chi connectivity index (χ0) is 19.3. The van der Waals surface area contributed by atoms with Crippen LogP contribution >= 0.6 is 20.7 Å². The highest BCUT2D eigenvalue weighted by Gasteiger charge is 2.33. The summed E-state index contributed by atoms with van der Waals surface area (Å²) in [5.74, 6) is 0.860. The molecule has 5 rings (SSSR count). The van der Waals surface area contributed by atoms with E-state index >= 15 is 0 Å². The zero-order valence-electron chi connectivity index (χ0n) is 15.9. The molecule has 0 atom stereocenters. The third-order valence-electron chi connectivity index (χ3n) is 5.14. The molecule has 3 aromatic carbocycles. The van der Waals surface area contributed by atoms with Gasteiger partial charge in [-0.2, -0.15) is 0 Å². The van der Waals surface area contributed by atoms with Crippen LogP contribution in [0.2, 0.25) is 0 Å². The number of methoxy groups -OCH3 is 1. The Kier molecular flexibility index (Phi) is 4.03. The van der Waals surface area contributed by atoms with E-state index in [1.54, 1.807) is 27.8 Å². The van der Waals surface area contributed by atoms with Crippen LogP contribution in [-0.4, -0.2) is 7.11 Å². The average molecular weight is 405 g/mol. The van der Waals surface area contributed by atoms with Crippen LogP contribution in [0.3, 0.4) is 0 Å². The maximum absolute atomic E-state index is 5.49. The highest BCUT2D eigenvalue weighted by molar-refractivity contribution is 7.68. The molecule has 5 heteroatoms. The van der Waals surface area contributed by atoms with Crippen LogP contribution in [0.5, 0.6) is 5.75 Å². The van der Waals surface area contributed by atoms with E-state index in [1.807, 2.05) is 6.07 Å². The summed E-state index contributed by atoms with van der Waals surface area (Å²) in [6.07, 6.45) is 0. The van der Waals surface area contributed by atoms with Crippen molar-refractivity contribution in [2.75, 3.05) is 12.4 Å². The normalized spacial score (nSPS) is 15.0. The maximum Gasteiger partial charge on any atom is 0.135 e. The molecular formula is C23H20N2OS2. The lowest BCUT2D eigenvalue weighted by Gasteiger charge is -2.33. The van der Waals surface area contributed by atoms with E-state index in [9.17, 15) is 0 Å². The fourth-order valence-corrected chi connectivity index (χ4v) is 6.70. The minimum Gasteiger partial charge on any atom is -0.497 e. The first kappa shape index (κ1) is 17.5. The molecule has 2 heterocycles. The molecule has 0 spiro atoms. The van der Waals surface area contributed by atoms with Crippen molar-refractivity contribution in [2.24, 2.45) is 4.99 Å². The lowest BCUT2D eigenvalue weighted by molar-refractivity contribution is 0.415. The predicted octanol–water partition coefficient (Wildman–Crippen LogP) is 6.53. The van der Waals surface area contributed by atoms with Gasteiger partial charge in [-0.15, -0.1) is 0 Å². The van der Waals surface area contributed by atoms with Crippen molar-refractivity contribution in [3.63, 3.8) is 0 Å². The molecule has 1 aliphatic heterocycles. The Morgan fingerprint density at radius 2 is 1.79 bits per heavy atom. The lowest BCUT2D eigenvalue weighted by atomic mass is 9.90. The number of hydrogen-bond donors (Lipinski definition) is 1. The van der Waals surface area contributed by atoms with Crippen LogP contribution in [0, 0.1) is 0 Å². The Labute approximate surface area is 171 Å². The molecule has 0 amide bonds. The van der Waals surface area contributed by atoms with Gasteiger partial charge in [0.15, 0.2) is 0 Å². The molecule has 3 nitrogen and oxygen atoms in total. The zero-order valence-corrected chi connectivity index (χ0v) is 17.6. The summed E-state index contributed by atoms with van der Waals surface area (Å²) < 4.78 is 6.54.